The van der Waals surface area contributed by atoms with Crippen molar-refractivity contribution >= 4 is 17.6 Å². The fraction of sp³-hybridized carbons (Fsp3) is 0.286. The number of aryl methyl sites for hydroxylation is 1. The topological polar surface area (TPSA) is 90.4 Å². The third-order valence-electron chi connectivity index (χ3n) is 4.29. The van der Waals surface area contributed by atoms with E-state index >= 15 is 0 Å². The number of hydrogen-bond donors (Lipinski definition) is 3. The first-order valence-electron chi connectivity index (χ1n) is 9.39. The van der Waals surface area contributed by atoms with E-state index in [1.54, 1.807) is 0 Å². The third kappa shape index (κ3) is 5.40. The minimum Gasteiger partial charge on any atom is -0.494 e. The predicted octanol–water partition coefficient (Wildman–Crippen LogP) is 2.12. The van der Waals surface area contributed by atoms with E-state index < -0.39 is 0 Å². The van der Waals surface area contributed by atoms with Crippen molar-refractivity contribution in [1.82, 2.24) is 15.0 Å². The van der Waals surface area contributed by atoms with Crippen molar-refractivity contribution in [2.75, 3.05) is 24.7 Å². The first-order valence-corrected chi connectivity index (χ1v) is 9.39. The molecule has 1 heterocycles. The van der Waals surface area contributed by atoms with Gasteiger partial charge in [-0.15, -0.1) is 0 Å². The minimum atomic E-state index is 0.218. The number of benzene rings is 2. The molecular weight excluding hydrogens is 352 g/mol. The standard InChI is InChI=1S/C21H26N6O/c1-4-28-17-11-9-16(10-12-17)13-27(3)14-19-24-20(22)26-21(25-19)23-18-8-6-5-7-15(18)2/h5-12H,4,13-14H2,1-3H3,(H3,22,23,24,25,26)/p+1. The molecule has 1 aromatic heterocycles. The maximum atomic E-state index is 5.90. The molecule has 3 aromatic rings. The summed E-state index contributed by atoms with van der Waals surface area (Å²) >= 11 is 0. The molecular formula is C21H27N6O+. The Morgan fingerprint density at radius 1 is 1.00 bits per heavy atom. The van der Waals surface area contributed by atoms with Crippen molar-refractivity contribution in [3.63, 3.8) is 0 Å². The van der Waals surface area contributed by atoms with Gasteiger partial charge in [-0.1, -0.05) is 18.2 Å². The number of quaternary nitrogens is 1. The lowest BCUT2D eigenvalue weighted by molar-refractivity contribution is -0.908. The average molecular weight is 379 g/mol. The molecule has 0 saturated carbocycles. The van der Waals surface area contributed by atoms with Gasteiger partial charge in [0.2, 0.25) is 11.9 Å². The van der Waals surface area contributed by atoms with Gasteiger partial charge in [0.1, 0.15) is 18.8 Å². The maximum absolute atomic E-state index is 5.90. The van der Waals surface area contributed by atoms with Crippen LogP contribution < -0.4 is 20.7 Å². The summed E-state index contributed by atoms with van der Waals surface area (Å²) in [5.41, 5.74) is 9.19. The van der Waals surface area contributed by atoms with Crippen molar-refractivity contribution in [1.29, 1.82) is 0 Å². The average Bonchev–Trinajstić information content (AvgIpc) is 2.65. The second-order valence-electron chi connectivity index (χ2n) is 6.76. The molecule has 3 rings (SSSR count). The number of hydrogen-bond acceptors (Lipinski definition) is 6. The Morgan fingerprint density at radius 3 is 2.46 bits per heavy atom. The zero-order chi connectivity index (χ0) is 19.9. The Balaban J connectivity index is 1.66. The fourth-order valence-corrected chi connectivity index (χ4v) is 2.96. The van der Waals surface area contributed by atoms with Gasteiger partial charge in [0.05, 0.1) is 13.7 Å². The fourth-order valence-electron chi connectivity index (χ4n) is 2.96. The van der Waals surface area contributed by atoms with Crippen LogP contribution in [0.25, 0.3) is 0 Å². The number of nitrogens with two attached hydrogens (primary N) is 1. The van der Waals surface area contributed by atoms with Crippen LogP contribution in [-0.4, -0.2) is 28.6 Å². The molecule has 0 fully saturated rings. The van der Waals surface area contributed by atoms with Crippen molar-refractivity contribution in [2.24, 2.45) is 0 Å². The quantitative estimate of drug-likeness (QED) is 0.555. The molecule has 0 saturated heterocycles. The van der Waals surface area contributed by atoms with E-state index in [1.165, 1.54) is 10.5 Å². The Kier molecular flexibility index (Phi) is 6.39. The SMILES string of the molecule is CCOc1ccc(C[NH+](C)Cc2nc(N)nc(Nc3ccccc3C)n2)cc1. The molecule has 0 spiro atoms. The van der Waals surface area contributed by atoms with Crippen LogP contribution in [-0.2, 0) is 13.1 Å². The Hall–Kier alpha value is -3.19. The summed E-state index contributed by atoms with van der Waals surface area (Å²) in [5, 5.41) is 3.23. The monoisotopic (exact) mass is 379 g/mol. The molecule has 7 heteroatoms. The number of ether oxygens (including phenoxy) is 1. The molecule has 7 nitrogen and oxygen atoms in total. The molecule has 0 aliphatic heterocycles. The van der Waals surface area contributed by atoms with E-state index in [0.29, 0.717) is 24.9 Å². The normalized spacial score (nSPS) is 11.8. The van der Waals surface area contributed by atoms with Gasteiger partial charge in [-0.3, -0.25) is 0 Å². The Morgan fingerprint density at radius 2 is 1.75 bits per heavy atom. The van der Waals surface area contributed by atoms with Gasteiger partial charge in [0.25, 0.3) is 0 Å². The zero-order valence-electron chi connectivity index (χ0n) is 16.6. The van der Waals surface area contributed by atoms with Crippen LogP contribution in [0, 0.1) is 6.92 Å². The molecule has 1 atom stereocenters. The van der Waals surface area contributed by atoms with Crippen LogP contribution in [0.3, 0.4) is 0 Å². The number of aromatic nitrogens is 3. The highest BCUT2D eigenvalue weighted by atomic mass is 16.5. The van der Waals surface area contributed by atoms with Crippen LogP contribution in [0.1, 0.15) is 23.9 Å². The number of rotatable bonds is 8. The zero-order valence-corrected chi connectivity index (χ0v) is 16.6. The van der Waals surface area contributed by atoms with Crippen LogP contribution in [0.15, 0.2) is 48.5 Å². The number of para-hydroxylation sites is 1. The summed E-state index contributed by atoms with van der Waals surface area (Å²) in [5.74, 6) is 2.23. The lowest BCUT2D eigenvalue weighted by Crippen LogP contribution is -3.06. The van der Waals surface area contributed by atoms with Gasteiger partial charge in [-0.25, -0.2) is 0 Å². The first kappa shape index (κ1) is 19.6. The molecule has 4 N–H and O–H groups in total. The van der Waals surface area contributed by atoms with E-state index in [4.69, 9.17) is 10.5 Å². The predicted molar refractivity (Wildman–Crippen MR) is 111 cm³/mol. The van der Waals surface area contributed by atoms with Crippen LogP contribution in [0.2, 0.25) is 0 Å². The van der Waals surface area contributed by atoms with Gasteiger partial charge >= 0.3 is 0 Å². The largest absolute Gasteiger partial charge is 0.494 e. The molecule has 0 bridgehead atoms. The highest BCUT2D eigenvalue weighted by molar-refractivity contribution is 5.58. The molecule has 0 aliphatic rings. The van der Waals surface area contributed by atoms with Gasteiger partial charge in [-0.05, 0) is 49.7 Å². The molecule has 28 heavy (non-hydrogen) atoms. The maximum Gasteiger partial charge on any atom is 0.232 e. The van der Waals surface area contributed by atoms with Gasteiger partial charge in [0.15, 0.2) is 5.82 Å². The van der Waals surface area contributed by atoms with E-state index in [-0.39, 0.29) is 5.95 Å². The lowest BCUT2D eigenvalue weighted by Gasteiger charge is -2.14. The first-order chi connectivity index (χ1) is 13.5. The highest BCUT2D eigenvalue weighted by Crippen LogP contribution is 2.17. The summed E-state index contributed by atoms with van der Waals surface area (Å²) in [6, 6.07) is 16.1. The number of nitrogens with one attached hydrogen (secondary N) is 2. The molecule has 146 valence electrons. The summed E-state index contributed by atoms with van der Waals surface area (Å²) in [4.78, 5) is 14.3. The molecule has 1 unspecified atom stereocenters. The van der Waals surface area contributed by atoms with Crippen molar-refractivity contribution in [3.8, 4) is 5.75 Å². The summed E-state index contributed by atoms with van der Waals surface area (Å²) in [6.45, 7) is 6.17. The number of nitrogen functional groups attached to an aromatic ring is 1. The van der Waals surface area contributed by atoms with Gasteiger partial charge in [-0.2, -0.15) is 15.0 Å². The third-order valence-corrected chi connectivity index (χ3v) is 4.29. The Bertz CT molecular complexity index is 913. The number of anilines is 3. The smallest absolute Gasteiger partial charge is 0.232 e. The summed E-state index contributed by atoms with van der Waals surface area (Å²) in [7, 11) is 2.10. The lowest BCUT2D eigenvalue weighted by atomic mass is 10.2. The molecule has 0 amide bonds. The second kappa shape index (κ2) is 9.14. The molecule has 0 radical (unpaired) electrons. The molecule has 0 aliphatic carbocycles. The second-order valence-corrected chi connectivity index (χ2v) is 6.76. The Labute approximate surface area is 165 Å². The van der Waals surface area contributed by atoms with E-state index in [1.807, 2.05) is 50.2 Å². The highest BCUT2D eigenvalue weighted by Gasteiger charge is 2.12. The van der Waals surface area contributed by atoms with Crippen molar-refractivity contribution in [2.45, 2.75) is 26.9 Å². The summed E-state index contributed by atoms with van der Waals surface area (Å²) < 4.78 is 5.49. The van der Waals surface area contributed by atoms with Crippen molar-refractivity contribution in [3.05, 3.63) is 65.5 Å². The van der Waals surface area contributed by atoms with Gasteiger partial charge in [0, 0.05) is 11.3 Å². The van der Waals surface area contributed by atoms with Gasteiger partial charge < -0.3 is 20.7 Å². The summed E-state index contributed by atoms with van der Waals surface area (Å²) in [6.07, 6.45) is 0. The van der Waals surface area contributed by atoms with Crippen LogP contribution >= 0.6 is 0 Å². The number of nitrogens with zero attached hydrogens (tertiary/aromatic N) is 3. The van der Waals surface area contributed by atoms with Crippen molar-refractivity contribution < 1.29 is 9.64 Å². The van der Waals surface area contributed by atoms with E-state index in [2.05, 4.69) is 39.4 Å². The van der Waals surface area contributed by atoms with Crippen LogP contribution in [0.5, 0.6) is 5.75 Å². The van der Waals surface area contributed by atoms with E-state index in [0.717, 1.165) is 23.5 Å². The molecule has 2 aromatic carbocycles. The van der Waals surface area contributed by atoms with E-state index in [9.17, 15) is 0 Å². The van der Waals surface area contributed by atoms with Crippen LogP contribution in [0.4, 0.5) is 17.6 Å². The minimum absolute atomic E-state index is 0.218.